The van der Waals surface area contributed by atoms with Gasteiger partial charge < -0.3 is 5.11 Å². The van der Waals surface area contributed by atoms with Crippen LogP contribution in [0.5, 0.6) is 0 Å². The first-order valence-electron chi connectivity index (χ1n) is 6.97. The Balaban J connectivity index is 1.86. The van der Waals surface area contributed by atoms with Gasteiger partial charge in [0, 0.05) is 25.0 Å². The molecule has 0 bridgehead atoms. The number of rotatable bonds is 4. The van der Waals surface area contributed by atoms with E-state index in [1.807, 2.05) is 6.20 Å². The van der Waals surface area contributed by atoms with Crippen LogP contribution in [-0.2, 0) is 6.54 Å². The van der Waals surface area contributed by atoms with Crippen molar-refractivity contribution in [1.29, 1.82) is 0 Å². The molecule has 1 aromatic heterocycles. The van der Waals surface area contributed by atoms with E-state index in [1.54, 1.807) is 0 Å². The molecule has 100 valence electrons. The summed E-state index contributed by atoms with van der Waals surface area (Å²) in [5.41, 5.74) is 2.46. The largest absolute Gasteiger partial charge is 0.396 e. The number of hydrogen-bond acceptors (Lipinski definition) is 3. The summed E-state index contributed by atoms with van der Waals surface area (Å²) < 4.78 is 0. The zero-order valence-corrected chi connectivity index (χ0v) is 11.5. The van der Waals surface area contributed by atoms with Gasteiger partial charge in [0.25, 0.3) is 0 Å². The van der Waals surface area contributed by atoms with Gasteiger partial charge in [0.2, 0.25) is 0 Å². The lowest BCUT2D eigenvalue weighted by molar-refractivity contribution is 0.127. The number of aliphatic hydroxyl groups excluding tert-OH is 1. The predicted molar refractivity (Wildman–Crippen MR) is 73.4 cm³/mol. The highest BCUT2D eigenvalue weighted by atomic mass is 16.3. The minimum absolute atomic E-state index is 0.346. The number of nitrogens with zero attached hydrogens (tertiary/aromatic N) is 2. The Hall–Kier alpha value is -0.930. The van der Waals surface area contributed by atoms with Crippen molar-refractivity contribution in [3.63, 3.8) is 0 Å². The molecule has 3 nitrogen and oxygen atoms in total. The molecule has 0 spiro atoms. The molecular weight excluding hydrogens is 224 g/mol. The van der Waals surface area contributed by atoms with Crippen LogP contribution in [0.1, 0.15) is 43.9 Å². The number of aromatic nitrogens is 1. The van der Waals surface area contributed by atoms with E-state index in [4.69, 9.17) is 5.11 Å². The Morgan fingerprint density at radius 3 is 2.56 bits per heavy atom. The van der Waals surface area contributed by atoms with Crippen LogP contribution >= 0.6 is 0 Å². The zero-order chi connectivity index (χ0) is 13.0. The van der Waals surface area contributed by atoms with Crippen LogP contribution in [0.15, 0.2) is 18.3 Å². The second-order valence-corrected chi connectivity index (χ2v) is 5.65. The maximum Gasteiger partial charge on any atom is 0.0460 e. The fourth-order valence-electron chi connectivity index (χ4n) is 2.46. The molecule has 0 aromatic carbocycles. The maximum absolute atomic E-state index is 9.12. The topological polar surface area (TPSA) is 36.4 Å². The van der Waals surface area contributed by atoms with Gasteiger partial charge >= 0.3 is 0 Å². The summed E-state index contributed by atoms with van der Waals surface area (Å²) in [7, 11) is 0. The van der Waals surface area contributed by atoms with E-state index < -0.39 is 0 Å². The van der Waals surface area contributed by atoms with E-state index in [0.717, 1.165) is 38.2 Å². The van der Waals surface area contributed by atoms with Gasteiger partial charge in [-0.3, -0.25) is 9.88 Å². The molecule has 1 aromatic rings. The maximum atomic E-state index is 9.12. The van der Waals surface area contributed by atoms with Crippen molar-refractivity contribution in [2.75, 3.05) is 19.7 Å². The van der Waals surface area contributed by atoms with Crippen LogP contribution in [-0.4, -0.2) is 34.7 Å². The first-order chi connectivity index (χ1) is 8.69. The summed E-state index contributed by atoms with van der Waals surface area (Å²) in [6, 6.07) is 4.33. The first-order valence-corrected chi connectivity index (χ1v) is 6.97. The molecule has 0 atom stereocenters. The molecule has 2 rings (SSSR count). The van der Waals surface area contributed by atoms with Crippen LogP contribution < -0.4 is 0 Å². The van der Waals surface area contributed by atoms with Gasteiger partial charge in [0.05, 0.1) is 0 Å². The fraction of sp³-hybridized carbons (Fsp3) is 0.667. The van der Waals surface area contributed by atoms with Crippen LogP contribution in [0.4, 0.5) is 0 Å². The smallest absolute Gasteiger partial charge is 0.0460 e. The average molecular weight is 248 g/mol. The van der Waals surface area contributed by atoms with E-state index in [0.29, 0.717) is 18.4 Å². The van der Waals surface area contributed by atoms with Crippen molar-refractivity contribution in [3.8, 4) is 0 Å². The SMILES string of the molecule is CC(C)c1ccc(CN2CCC(CO)CC2)cn1. The van der Waals surface area contributed by atoms with Gasteiger partial charge in [0.15, 0.2) is 0 Å². The monoisotopic (exact) mass is 248 g/mol. The number of piperidine rings is 1. The van der Waals surface area contributed by atoms with Gasteiger partial charge in [-0.1, -0.05) is 19.9 Å². The Morgan fingerprint density at radius 2 is 2.06 bits per heavy atom. The molecule has 1 saturated heterocycles. The van der Waals surface area contributed by atoms with Gasteiger partial charge in [-0.15, -0.1) is 0 Å². The van der Waals surface area contributed by atoms with Crippen LogP contribution in [0.2, 0.25) is 0 Å². The molecule has 0 unspecified atom stereocenters. The highest BCUT2D eigenvalue weighted by molar-refractivity contribution is 5.16. The standard InChI is InChI=1S/C15H24N2O/c1-12(2)15-4-3-14(9-16-15)10-17-7-5-13(11-18)6-8-17/h3-4,9,12-13,18H,5-8,10-11H2,1-2H3. The molecule has 18 heavy (non-hydrogen) atoms. The van der Waals surface area contributed by atoms with E-state index in [1.165, 1.54) is 5.56 Å². The lowest BCUT2D eigenvalue weighted by Gasteiger charge is -2.30. The Kier molecular flexibility index (Phi) is 4.72. The van der Waals surface area contributed by atoms with E-state index in [9.17, 15) is 0 Å². The molecule has 0 aliphatic carbocycles. The van der Waals surface area contributed by atoms with Crippen molar-refractivity contribution in [1.82, 2.24) is 9.88 Å². The van der Waals surface area contributed by atoms with E-state index >= 15 is 0 Å². The van der Waals surface area contributed by atoms with Gasteiger partial charge in [-0.05, 0) is 49.4 Å². The molecule has 1 N–H and O–H groups in total. The highest BCUT2D eigenvalue weighted by Crippen LogP contribution is 2.19. The van der Waals surface area contributed by atoms with E-state index in [-0.39, 0.29) is 0 Å². The third-order valence-electron chi connectivity index (χ3n) is 3.81. The molecule has 3 heteroatoms. The summed E-state index contributed by atoms with van der Waals surface area (Å²) in [6.45, 7) is 7.86. The number of aliphatic hydroxyl groups is 1. The van der Waals surface area contributed by atoms with Crippen LogP contribution in [0.25, 0.3) is 0 Å². The molecule has 2 heterocycles. The average Bonchev–Trinajstić information content (AvgIpc) is 2.40. The minimum Gasteiger partial charge on any atom is -0.396 e. The molecule has 0 amide bonds. The van der Waals surface area contributed by atoms with Crippen molar-refractivity contribution in [2.24, 2.45) is 5.92 Å². The predicted octanol–water partition coefficient (Wildman–Crippen LogP) is 2.41. The van der Waals surface area contributed by atoms with Gasteiger partial charge in [0.1, 0.15) is 0 Å². The highest BCUT2D eigenvalue weighted by Gasteiger charge is 2.18. The number of hydrogen-bond donors (Lipinski definition) is 1. The minimum atomic E-state index is 0.346. The summed E-state index contributed by atoms with van der Waals surface area (Å²) in [5.74, 6) is 1.02. The summed E-state index contributed by atoms with van der Waals surface area (Å²) in [5, 5.41) is 9.12. The van der Waals surface area contributed by atoms with E-state index in [2.05, 4.69) is 35.9 Å². The van der Waals surface area contributed by atoms with Gasteiger partial charge in [-0.2, -0.15) is 0 Å². The van der Waals surface area contributed by atoms with Crippen molar-refractivity contribution in [2.45, 2.75) is 39.2 Å². The normalized spacial score (nSPS) is 18.4. The quantitative estimate of drug-likeness (QED) is 0.889. The Morgan fingerprint density at radius 1 is 1.33 bits per heavy atom. The molecule has 1 fully saturated rings. The Labute approximate surface area is 110 Å². The third kappa shape index (κ3) is 3.53. The number of pyridine rings is 1. The molecule has 1 aliphatic heterocycles. The lowest BCUT2D eigenvalue weighted by Crippen LogP contribution is -2.34. The number of likely N-dealkylation sites (tertiary alicyclic amines) is 1. The third-order valence-corrected chi connectivity index (χ3v) is 3.81. The molecule has 1 aliphatic rings. The second-order valence-electron chi connectivity index (χ2n) is 5.65. The van der Waals surface area contributed by atoms with Crippen LogP contribution in [0.3, 0.4) is 0 Å². The van der Waals surface area contributed by atoms with Crippen molar-refractivity contribution < 1.29 is 5.11 Å². The van der Waals surface area contributed by atoms with Crippen molar-refractivity contribution >= 4 is 0 Å². The molecular formula is C15H24N2O. The fourth-order valence-corrected chi connectivity index (χ4v) is 2.46. The summed E-state index contributed by atoms with van der Waals surface area (Å²) >= 11 is 0. The summed E-state index contributed by atoms with van der Waals surface area (Å²) in [4.78, 5) is 6.96. The lowest BCUT2D eigenvalue weighted by atomic mass is 9.97. The molecule has 0 saturated carbocycles. The zero-order valence-electron chi connectivity index (χ0n) is 11.5. The van der Waals surface area contributed by atoms with Crippen molar-refractivity contribution in [3.05, 3.63) is 29.6 Å². The van der Waals surface area contributed by atoms with Gasteiger partial charge in [-0.25, -0.2) is 0 Å². The molecule has 0 radical (unpaired) electrons. The first kappa shape index (κ1) is 13.5. The Bertz CT molecular complexity index is 353. The summed E-state index contributed by atoms with van der Waals surface area (Å²) in [6.07, 6.45) is 4.25. The second kappa shape index (κ2) is 6.30. The van der Waals surface area contributed by atoms with Crippen LogP contribution in [0, 0.1) is 5.92 Å².